The molecule has 3 aromatic carbocycles. The van der Waals surface area contributed by atoms with Crippen molar-refractivity contribution in [1.29, 1.82) is 0 Å². The highest BCUT2D eigenvalue weighted by Crippen LogP contribution is 2.30. The molecule has 6 nitrogen and oxygen atoms in total. The normalized spacial score (nSPS) is 11.4. The molecule has 0 aromatic heterocycles. The van der Waals surface area contributed by atoms with Gasteiger partial charge in [-0.25, -0.2) is 10.2 Å². The summed E-state index contributed by atoms with van der Waals surface area (Å²) < 4.78 is 11.9. The molecule has 0 bridgehead atoms. The molecule has 0 aliphatic carbocycles. The molecule has 0 saturated carbocycles. The third-order valence-electron chi connectivity index (χ3n) is 5.20. The van der Waals surface area contributed by atoms with Gasteiger partial charge in [0.05, 0.1) is 16.3 Å². The van der Waals surface area contributed by atoms with Gasteiger partial charge in [0, 0.05) is 0 Å². The van der Waals surface area contributed by atoms with E-state index >= 15 is 0 Å². The fraction of sp³-hybridized carbons (Fsp3) is 0.250. The summed E-state index contributed by atoms with van der Waals surface area (Å²) in [6, 6.07) is 18.2. The Morgan fingerprint density at radius 3 is 2.26 bits per heavy atom. The van der Waals surface area contributed by atoms with E-state index in [0.29, 0.717) is 17.1 Å². The van der Waals surface area contributed by atoms with Crippen molar-refractivity contribution < 1.29 is 19.1 Å². The molecule has 0 radical (unpaired) electrons. The lowest BCUT2D eigenvalue weighted by Crippen LogP contribution is -2.24. The largest absolute Gasteiger partial charge is 0.482 e. The molecule has 7 heteroatoms. The van der Waals surface area contributed by atoms with E-state index in [2.05, 4.69) is 47.2 Å². The molecule has 0 spiro atoms. The average molecular weight is 537 g/mol. The molecule has 0 atom stereocenters. The second-order valence-electron chi connectivity index (χ2n) is 9.26. The van der Waals surface area contributed by atoms with Gasteiger partial charge in [0.1, 0.15) is 11.5 Å². The molecule has 0 aliphatic heterocycles. The first-order chi connectivity index (χ1) is 16.5. The third-order valence-corrected chi connectivity index (χ3v) is 5.79. The molecule has 0 heterocycles. The van der Waals surface area contributed by atoms with Crippen LogP contribution in [0.2, 0.25) is 0 Å². The van der Waals surface area contributed by atoms with Crippen molar-refractivity contribution in [3.63, 3.8) is 0 Å². The number of rotatable bonds is 7. The van der Waals surface area contributed by atoms with Crippen LogP contribution in [0.5, 0.6) is 11.5 Å². The van der Waals surface area contributed by atoms with Crippen molar-refractivity contribution >= 4 is 34.0 Å². The number of amides is 1. The first kappa shape index (κ1) is 26.2. The fourth-order valence-electron chi connectivity index (χ4n) is 3.33. The number of hydrogen-bond acceptors (Lipinski definition) is 5. The molecule has 0 saturated heterocycles. The van der Waals surface area contributed by atoms with Crippen LogP contribution in [0.1, 0.15) is 53.4 Å². The quantitative estimate of drug-likeness (QED) is 0.171. The van der Waals surface area contributed by atoms with Gasteiger partial charge in [-0.05, 0) is 99.9 Å². The number of ether oxygens (including phenoxy) is 2. The molecule has 3 rings (SSSR count). The molecule has 35 heavy (non-hydrogen) atoms. The van der Waals surface area contributed by atoms with Crippen LogP contribution >= 0.6 is 15.9 Å². The summed E-state index contributed by atoms with van der Waals surface area (Å²) in [4.78, 5) is 24.5. The summed E-state index contributed by atoms with van der Waals surface area (Å²) in [5.41, 5.74) is 6.87. The lowest BCUT2D eigenvalue weighted by atomic mass is 9.87. The molecular weight excluding hydrogens is 508 g/mol. The maximum Gasteiger partial charge on any atom is 0.343 e. The summed E-state index contributed by atoms with van der Waals surface area (Å²) in [7, 11) is 0. The van der Waals surface area contributed by atoms with Crippen LogP contribution in [0.3, 0.4) is 0 Å². The van der Waals surface area contributed by atoms with Crippen LogP contribution in [0, 0.1) is 13.8 Å². The Morgan fingerprint density at radius 2 is 1.66 bits per heavy atom. The predicted octanol–water partition coefficient (Wildman–Crippen LogP) is 6.11. The highest BCUT2D eigenvalue weighted by atomic mass is 79.9. The standard InChI is InChI=1S/C28H29BrN2O4/c1-18-14-19(2)26(24(29)15-18)34-17-25(32)31-30-16-20-6-12-23(13-7-20)35-27(33)21-8-10-22(11-9-21)28(3,4)5/h6-16H,17H2,1-5H3,(H,31,32). The zero-order valence-electron chi connectivity index (χ0n) is 20.5. The smallest absolute Gasteiger partial charge is 0.343 e. The van der Waals surface area contributed by atoms with E-state index in [1.165, 1.54) is 6.21 Å². The van der Waals surface area contributed by atoms with Crippen LogP contribution in [-0.2, 0) is 10.2 Å². The first-order valence-electron chi connectivity index (χ1n) is 11.2. The van der Waals surface area contributed by atoms with Crippen LogP contribution in [-0.4, -0.2) is 24.7 Å². The fourth-order valence-corrected chi connectivity index (χ4v) is 4.12. The number of hydrogen-bond donors (Lipinski definition) is 1. The SMILES string of the molecule is Cc1cc(C)c(OCC(=O)NN=Cc2ccc(OC(=O)c3ccc(C(C)(C)C)cc3)cc2)c(Br)c1. The van der Waals surface area contributed by atoms with Crippen molar-refractivity contribution in [1.82, 2.24) is 5.43 Å². The van der Waals surface area contributed by atoms with Gasteiger partial charge >= 0.3 is 5.97 Å². The van der Waals surface area contributed by atoms with E-state index in [0.717, 1.165) is 26.7 Å². The minimum Gasteiger partial charge on any atom is -0.482 e. The molecule has 0 fully saturated rings. The van der Waals surface area contributed by atoms with Gasteiger partial charge in [0.15, 0.2) is 6.61 Å². The summed E-state index contributed by atoms with van der Waals surface area (Å²) in [6.45, 7) is 10.1. The molecule has 1 N–H and O–H groups in total. The van der Waals surface area contributed by atoms with Gasteiger partial charge in [-0.1, -0.05) is 39.0 Å². The van der Waals surface area contributed by atoms with Gasteiger partial charge < -0.3 is 9.47 Å². The lowest BCUT2D eigenvalue weighted by Gasteiger charge is -2.18. The van der Waals surface area contributed by atoms with Crippen molar-refractivity contribution in [2.45, 2.75) is 40.0 Å². The zero-order valence-corrected chi connectivity index (χ0v) is 22.1. The van der Waals surface area contributed by atoms with Crippen LogP contribution in [0.4, 0.5) is 0 Å². The number of halogens is 1. The lowest BCUT2D eigenvalue weighted by molar-refractivity contribution is -0.123. The second-order valence-corrected chi connectivity index (χ2v) is 10.1. The molecule has 3 aromatic rings. The Balaban J connectivity index is 1.49. The summed E-state index contributed by atoms with van der Waals surface area (Å²) in [5.74, 6) is 0.249. The van der Waals surface area contributed by atoms with Crippen molar-refractivity contribution in [2.75, 3.05) is 6.61 Å². The Labute approximate surface area is 214 Å². The third kappa shape index (κ3) is 7.52. The number of carbonyl (C=O) groups is 2. The van der Waals surface area contributed by atoms with E-state index in [9.17, 15) is 9.59 Å². The van der Waals surface area contributed by atoms with Gasteiger partial charge in [-0.2, -0.15) is 5.10 Å². The average Bonchev–Trinajstić information content (AvgIpc) is 2.79. The molecule has 0 unspecified atom stereocenters. The maximum atomic E-state index is 12.4. The van der Waals surface area contributed by atoms with Gasteiger partial charge in [-0.15, -0.1) is 0 Å². The summed E-state index contributed by atoms with van der Waals surface area (Å²) in [5, 5.41) is 3.95. The Kier molecular flexibility index (Phi) is 8.46. The van der Waals surface area contributed by atoms with Gasteiger partial charge in [0.2, 0.25) is 0 Å². The summed E-state index contributed by atoms with van der Waals surface area (Å²) >= 11 is 3.46. The minimum atomic E-state index is -0.422. The number of esters is 1. The maximum absolute atomic E-state index is 12.4. The topological polar surface area (TPSA) is 77.0 Å². The Hall–Kier alpha value is -3.45. The second kappa shape index (κ2) is 11.3. The van der Waals surface area contributed by atoms with E-state index in [1.54, 1.807) is 36.4 Å². The highest BCUT2D eigenvalue weighted by Gasteiger charge is 2.15. The number of carbonyl (C=O) groups excluding carboxylic acids is 2. The number of nitrogens with zero attached hydrogens (tertiary/aromatic N) is 1. The van der Waals surface area contributed by atoms with Gasteiger partial charge in [0.25, 0.3) is 5.91 Å². The Morgan fingerprint density at radius 1 is 1.00 bits per heavy atom. The van der Waals surface area contributed by atoms with Crippen LogP contribution < -0.4 is 14.9 Å². The van der Waals surface area contributed by atoms with Crippen LogP contribution in [0.25, 0.3) is 0 Å². The molecule has 182 valence electrons. The van der Waals surface area contributed by atoms with E-state index in [1.807, 2.05) is 38.1 Å². The van der Waals surface area contributed by atoms with Gasteiger partial charge in [-0.3, -0.25) is 4.79 Å². The highest BCUT2D eigenvalue weighted by molar-refractivity contribution is 9.10. The van der Waals surface area contributed by atoms with Crippen molar-refractivity contribution in [2.24, 2.45) is 5.10 Å². The monoisotopic (exact) mass is 536 g/mol. The van der Waals surface area contributed by atoms with E-state index in [-0.39, 0.29) is 17.9 Å². The number of nitrogens with one attached hydrogen (secondary N) is 1. The summed E-state index contributed by atoms with van der Waals surface area (Å²) in [6.07, 6.45) is 1.50. The van der Waals surface area contributed by atoms with Crippen molar-refractivity contribution in [3.05, 3.63) is 93.0 Å². The van der Waals surface area contributed by atoms with E-state index in [4.69, 9.17) is 9.47 Å². The number of aryl methyl sites for hydroxylation is 2. The zero-order chi connectivity index (χ0) is 25.6. The molecule has 0 aliphatic rings. The molecular formula is C28H29BrN2O4. The van der Waals surface area contributed by atoms with Crippen molar-refractivity contribution in [3.8, 4) is 11.5 Å². The predicted molar refractivity (Wildman–Crippen MR) is 141 cm³/mol. The molecule has 1 amide bonds. The number of hydrazone groups is 1. The minimum absolute atomic E-state index is 0.0175. The Bertz CT molecular complexity index is 1200. The first-order valence-corrected chi connectivity index (χ1v) is 12.0. The van der Waals surface area contributed by atoms with Crippen LogP contribution in [0.15, 0.2) is 70.2 Å². The van der Waals surface area contributed by atoms with E-state index < -0.39 is 5.97 Å². The number of benzene rings is 3.